The van der Waals surface area contributed by atoms with Crippen molar-refractivity contribution in [3.8, 4) is 0 Å². The van der Waals surface area contributed by atoms with Gasteiger partial charge in [-0.3, -0.25) is 0 Å². The van der Waals surface area contributed by atoms with E-state index >= 15 is 0 Å². The predicted molar refractivity (Wildman–Crippen MR) is 67.5 cm³/mol. The van der Waals surface area contributed by atoms with E-state index in [1.165, 1.54) is 6.42 Å². The van der Waals surface area contributed by atoms with E-state index in [2.05, 4.69) is 17.5 Å². The number of carbonyl (C=O) groups is 1. The minimum absolute atomic E-state index is 0.319. The van der Waals surface area contributed by atoms with Gasteiger partial charge < -0.3 is 10.1 Å². The molecule has 0 bridgehead atoms. The number of rotatable bonds is 6. The number of hydrogen-bond donors (Lipinski definition) is 1. The third-order valence-electron chi connectivity index (χ3n) is 1.95. The Bertz CT molecular complexity index is 216. The second kappa shape index (κ2) is 8.20. The molecule has 0 aliphatic heterocycles. The Labute approximate surface area is 99.3 Å². The Hall–Kier alpha value is -0.990. The molecule has 94 valence electrons. The molecule has 0 aromatic heterocycles. The Kier molecular flexibility index (Phi) is 7.69. The van der Waals surface area contributed by atoms with Crippen molar-refractivity contribution in [1.29, 1.82) is 0 Å². The highest BCUT2D eigenvalue weighted by atomic mass is 16.6. The standard InChI is InChI=1S/C13H25NO2/c1-5-6-7-8-9-10-11-14-12(15)16-13(2,3)4/h5-6H,7-11H2,1-4H3,(H,14,15)/b6-5+. The van der Waals surface area contributed by atoms with Gasteiger partial charge in [0.05, 0.1) is 0 Å². The topological polar surface area (TPSA) is 38.3 Å². The molecule has 16 heavy (non-hydrogen) atoms. The fraction of sp³-hybridized carbons (Fsp3) is 0.769. The van der Waals surface area contributed by atoms with Crippen molar-refractivity contribution >= 4 is 6.09 Å². The van der Waals surface area contributed by atoms with E-state index in [1.54, 1.807) is 0 Å². The third-order valence-corrected chi connectivity index (χ3v) is 1.95. The fourth-order valence-corrected chi connectivity index (χ4v) is 1.24. The van der Waals surface area contributed by atoms with Crippen LogP contribution in [0, 0.1) is 0 Å². The average molecular weight is 227 g/mol. The molecule has 0 aromatic carbocycles. The molecular formula is C13H25NO2. The van der Waals surface area contributed by atoms with Crippen molar-refractivity contribution in [3.63, 3.8) is 0 Å². The lowest BCUT2D eigenvalue weighted by Gasteiger charge is -2.19. The number of allylic oxidation sites excluding steroid dienone is 2. The Morgan fingerprint density at radius 2 is 1.94 bits per heavy atom. The molecule has 1 amide bonds. The van der Waals surface area contributed by atoms with Crippen molar-refractivity contribution in [2.24, 2.45) is 0 Å². The van der Waals surface area contributed by atoms with Gasteiger partial charge >= 0.3 is 6.09 Å². The van der Waals surface area contributed by atoms with E-state index in [0.717, 1.165) is 19.3 Å². The summed E-state index contributed by atoms with van der Waals surface area (Å²) in [4.78, 5) is 11.2. The summed E-state index contributed by atoms with van der Waals surface area (Å²) < 4.78 is 5.12. The maximum absolute atomic E-state index is 11.2. The number of amides is 1. The lowest BCUT2D eigenvalue weighted by molar-refractivity contribution is 0.0527. The highest BCUT2D eigenvalue weighted by Gasteiger charge is 2.15. The molecule has 0 aromatic rings. The second-order valence-corrected chi connectivity index (χ2v) is 4.85. The third kappa shape index (κ3) is 11.1. The van der Waals surface area contributed by atoms with Crippen LogP contribution in [0.15, 0.2) is 12.2 Å². The molecule has 3 heteroatoms. The molecule has 0 saturated carbocycles. The van der Waals surface area contributed by atoms with Crippen molar-refractivity contribution < 1.29 is 9.53 Å². The molecule has 1 N–H and O–H groups in total. The van der Waals surface area contributed by atoms with Crippen molar-refractivity contribution in [2.45, 2.75) is 59.0 Å². The van der Waals surface area contributed by atoms with Gasteiger partial charge in [-0.25, -0.2) is 4.79 Å². The van der Waals surface area contributed by atoms with Gasteiger partial charge in [0.1, 0.15) is 5.60 Å². The lowest BCUT2D eigenvalue weighted by Crippen LogP contribution is -2.32. The molecule has 0 heterocycles. The van der Waals surface area contributed by atoms with Crippen LogP contribution < -0.4 is 5.32 Å². The molecule has 0 radical (unpaired) electrons. The van der Waals surface area contributed by atoms with E-state index < -0.39 is 5.60 Å². The molecule has 0 rings (SSSR count). The van der Waals surface area contributed by atoms with E-state index in [0.29, 0.717) is 6.54 Å². The first-order valence-corrected chi connectivity index (χ1v) is 6.03. The molecule has 0 aliphatic carbocycles. The average Bonchev–Trinajstić information content (AvgIpc) is 2.13. The van der Waals surface area contributed by atoms with Crippen LogP contribution in [-0.4, -0.2) is 18.2 Å². The van der Waals surface area contributed by atoms with Gasteiger partial charge in [-0.1, -0.05) is 18.6 Å². The van der Waals surface area contributed by atoms with E-state index in [9.17, 15) is 4.79 Å². The fourth-order valence-electron chi connectivity index (χ4n) is 1.24. The first-order chi connectivity index (χ1) is 7.45. The largest absolute Gasteiger partial charge is 0.444 e. The summed E-state index contributed by atoms with van der Waals surface area (Å²) in [6.45, 7) is 8.33. The van der Waals surface area contributed by atoms with Crippen LogP contribution in [0.3, 0.4) is 0 Å². The van der Waals surface area contributed by atoms with Crippen molar-refractivity contribution in [2.75, 3.05) is 6.54 Å². The Balaban J connectivity index is 3.35. The van der Waals surface area contributed by atoms with E-state index in [4.69, 9.17) is 4.74 Å². The Morgan fingerprint density at radius 3 is 2.50 bits per heavy atom. The number of carbonyl (C=O) groups excluding carboxylic acids is 1. The number of nitrogens with one attached hydrogen (secondary N) is 1. The molecule has 0 atom stereocenters. The minimum Gasteiger partial charge on any atom is -0.444 e. The van der Waals surface area contributed by atoms with Gasteiger partial charge in [-0.05, 0) is 47.0 Å². The number of alkyl carbamates (subject to hydrolysis) is 1. The molecule has 3 nitrogen and oxygen atoms in total. The van der Waals surface area contributed by atoms with Crippen LogP contribution in [-0.2, 0) is 4.74 Å². The number of ether oxygens (including phenoxy) is 1. The van der Waals surface area contributed by atoms with Gasteiger partial charge in [0, 0.05) is 6.54 Å². The molecular weight excluding hydrogens is 202 g/mol. The number of hydrogen-bond acceptors (Lipinski definition) is 2. The molecule has 0 spiro atoms. The van der Waals surface area contributed by atoms with Crippen LogP contribution in [0.1, 0.15) is 53.4 Å². The van der Waals surface area contributed by atoms with Crippen LogP contribution in [0.4, 0.5) is 4.79 Å². The van der Waals surface area contributed by atoms with Crippen LogP contribution in [0.5, 0.6) is 0 Å². The summed E-state index contributed by atoms with van der Waals surface area (Å²) in [5.74, 6) is 0. The van der Waals surface area contributed by atoms with Crippen LogP contribution >= 0.6 is 0 Å². The van der Waals surface area contributed by atoms with Crippen LogP contribution in [0.25, 0.3) is 0 Å². The maximum Gasteiger partial charge on any atom is 0.407 e. The summed E-state index contributed by atoms with van der Waals surface area (Å²) in [7, 11) is 0. The monoisotopic (exact) mass is 227 g/mol. The summed E-state index contributed by atoms with van der Waals surface area (Å²) in [5.41, 5.74) is -0.407. The zero-order valence-corrected chi connectivity index (χ0v) is 11.0. The quantitative estimate of drug-likeness (QED) is 0.555. The van der Waals surface area contributed by atoms with Gasteiger partial charge in [0.2, 0.25) is 0 Å². The SMILES string of the molecule is C/C=C/CCCCCNC(=O)OC(C)(C)C. The van der Waals surface area contributed by atoms with Gasteiger partial charge in [0.15, 0.2) is 0 Å². The van der Waals surface area contributed by atoms with Gasteiger partial charge in [-0.2, -0.15) is 0 Å². The zero-order valence-electron chi connectivity index (χ0n) is 11.0. The van der Waals surface area contributed by atoms with E-state index in [1.807, 2.05) is 27.7 Å². The van der Waals surface area contributed by atoms with Gasteiger partial charge in [-0.15, -0.1) is 0 Å². The smallest absolute Gasteiger partial charge is 0.407 e. The summed E-state index contributed by atoms with van der Waals surface area (Å²) >= 11 is 0. The lowest BCUT2D eigenvalue weighted by atomic mass is 10.2. The first-order valence-electron chi connectivity index (χ1n) is 6.03. The first kappa shape index (κ1) is 15.0. The zero-order chi connectivity index (χ0) is 12.4. The second-order valence-electron chi connectivity index (χ2n) is 4.85. The van der Waals surface area contributed by atoms with Crippen molar-refractivity contribution in [3.05, 3.63) is 12.2 Å². The molecule has 0 aliphatic rings. The minimum atomic E-state index is -0.407. The van der Waals surface area contributed by atoms with Gasteiger partial charge in [0.25, 0.3) is 0 Å². The highest BCUT2D eigenvalue weighted by molar-refractivity contribution is 5.67. The van der Waals surface area contributed by atoms with E-state index in [-0.39, 0.29) is 6.09 Å². The Morgan fingerprint density at radius 1 is 1.25 bits per heavy atom. The predicted octanol–water partition coefficient (Wildman–Crippen LogP) is 3.65. The molecule has 0 fully saturated rings. The summed E-state index contributed by atoms with van der Waals surface area (Å²) in [5, 5.41) is 2.75. The maximum atomic E-state index is 11.2. The highest BCUT2D eigenvalue weighted by Crippen LogP contribution is 2.06. The van der Waals surface area contributed by atoms with Crippen molar-refractivity contribution in [1.82, 2.24) is 5.32 Å². The normalized spacial score (nSPS) is 11.8. The van der Waals surface area contributed by atoms with Crippen LogP contribution in [0.2, 0.25) is 0 Å². The summed E-state index contributed by atoms with van der Waals surface area (Å²) in [6, 6.07) is 0. The molecule has 0 saturated heterocycles. The summed E-state index contributed by atoms with van der Waals surface area (Å²) in [6.07, 6.45) is 8.38. The molecule has 0 unspecified atom stereocenters. The number of unbranched alkanes of at least 4 members (excludes halogenated alkanes) is 3.